The predicted molar refractivity (Wildman–Crippen MR) is 73.3 cm³/mol. The minimum absolute atomic E-state index is 0.0506. The number of aromatic nitrogens is 2. The van der Waals surface area contributed by atoms with Gasteiger partial charge in [0, 0.05) is 18.3 Å². The van der Waals surface area contributed by atoms with Crippen LogP contribution in [0, 0.1) is 23.7 Å². The maximum absolute atomic E-state index is 12.6. The van der Waals surface area contributed by atoms with Gasteiger partial charge in [-0.05, 0) is 18.3 Å². The van der Waals surface area contributed by atoms with Crippen LogP contribution in [0.5, 0.6) is 0 Å². The summed E-state index contributed by atoms with van der Waals surface area (Å²) in [4.78, 5) is 44.5. The van der Waals surface area contributed by atoms with Gasteiger partial charge < -0.3 is 10.1 Å². The average Bonchev–Trinajstić information content (AvgIpc) is 3.23. The van der Waals surface area contributed by atoms with E-state index in [4.69, 9.17) is 0 Å². The van der Waals surface area contributed by atoms with Gasteiger partial charge >= 0.3 is 5.97 Å². The molecule has 2 heterocycles. The first kappa shape index (κ1) is 13.2. The van der Waals surface area contributed by atoms with Crippen LogP contribution in [-0.2, 0) is 20.8 Å². The van der Waals surface area contributed by atoms with Crippen molar-refractivity contribution in [1.82, 2.24) is 14.9 Å². The monoisotopic (exact) mass is 301 g/mol. The first-order chi connectivity index (χ1) is 10.6. The number of nitrogens with zero attached hydrogens (tertiary/aromatic N) is 2. The zero-order valence-corrected chi connectivity index (χ0v) is 11.7. The van der Waals surface area contributed by atoms with E-state index in [0.717, 1.165) is 11.3 Å². The highest BCUT2D eigenvalue weighted by atomic mass is 16.4. The van der Waals surface area contributed by atoms with Crippen molar-refractivity contribution in [3.8, 4) is 0 Å². The van der Waals surface area contributed by atoms with Gasteiger partial charge in [-0.15, -0.1) is 0 Å². The Morgan fingerprint density at radius 2 is 1.95 bits per heavy atom. The average molecular weight is 301 g/mol. The number of carboxylic acid groups (broad SMARTS) is 1. The SMILES string of the molecule is O=C(O)[C@H](Cc1cnc[nH]1)N1C(=O)[C@H]2[C@H](C1=O)[C@H]1C=C[C@H]2C1. The number of fused-ring (bicyclic) bond motifs is 5. The molecular weight excluding hydrogens is 286 g/mol. The number of hydrogen-bond donors (Lipinski definition) is 2. The maximum Gasteiger partial charge on any atom is 0.327 e. The summed E-state index contributed by atoms with van der Waals surface area (Å²) in [6, 6.07) is -1.18. The zero-order valence-electron chi connectivity index (χ0n) is 11.7. The van der Waals surface area contributed by atoms with Crippen molar-refractivity contribution in [1.29, 1.82) is 0 Å². The molecule has 0 unspecified atom stereocenters. The quantitative estimate of drug-likeness (QED) is 0.611. The first-order valence-corrected chi connectivity index (χ1v) is 7.33. The van der Waals surface area contributed by atoms with Gasteiger partial charge in [0.05, 0.1) is 18.2 Å². The van der Waals surface area contributed by atoms with Crippen molar-refractivity contribution in [2.24, 2.45) is 23.7 Å². The number of H-pyrrole nitrogens is 1. The Hall–Kier alpha value is -2.44. The molecule has 0 radical (unpaired) electrons. The highest BCUT2D eigenvalue weighted by Crippen LogP contribution is 2.52. The van der Waals surface area contributed by atoms with E-state index in [9.17, 15) is 19.5 Å². The van der Waals surface area contributed by atoms with E-state index in [1.54, 1.807) is 0 Å². The number of hydrogen-bond acceptors (Lipinski definition) is 4. The molecule has 3 aliphatic rings. The number of rotatable bonds is 4. The summed E-state index contributed by atoms with van der Waals surface area (Å²) in [5.41, 5.74) is 0.589. The number of allylic oxidation sites excluding steroid dienone is 2. The number of nitrogens with one attached hydrogen (secondary N) is 1. The van der Waals surface area contributed by atoms with Crippen LogP contribution in [0.15, 0.2) is 24.7 Å². The highest BCUT2D eigenvalue weighted by molar-refractivity contribution is 6.08. The van der Waals surface area contributed by atoms with Crippen LogP contribution in [0.25, 0.3) is 0 Å². The molecule has 1 saturated carbocycles. The number of imide groups is 1. The molecule has 5 atom stereocenters. The second-order valence-electron chi connectivity index (χ2n) is 6.18. The number of amides is 2. The predicted octanol–water partition coefficient (Wildman–Crippen LogP) is 0.212. The minimum atomic E-state index is -1.18. The van der Waals surface area contributed by atoms with Gasteiger partial charge in [0.25, 0.3) is 0 Å². The summed E-state index contributed by atoms with van der Waals surface area (Å²) in [5.74, 6) is -2.41. The van der Waals surface area contributed by atoms with Crippen LogP contribution in [0.4, 0.5) is 0 Å². The second kappa shape index (κ2) is 4.53. The molecule has 114 valence electrons. The van der Waals surface area contributed by atoms with E-state index in [2.05, 4.69) is 9.97 Å². The van der Waals surface area contributed by atoms with Crippen LogP contribution < -0.4 is 0 Å². The number of aromatic amines is 1. The van der Waals surface area contributed by atoms with E-state index < -0.39 is 12.0 Å². The molecule has 2 N–H and O–H groups in total. The molecule has 1 aromatic rings. The van der Waals surface area contributed by atoms with Gasteiger partial charge in [-0.2, -0.15) is 0 Å². The maximum atomic E-state index is 12.6. The van der Waals surface area contributed by atoms with Crippen molar-refractivity contribution in [2.75, 3.05) is 0 Å². The molecule has 0 spiro atoms. The van der Waals surface area contributed by atoms with Gasteiger partial charge in [0.1, 0.15) is 6.04 Å². The molecular formula is C15H15N3O4. The van der Waals surface area contributed by atoms with E-state index in [-0.39, 0.29) is 41.9 Å². The Morgan fingerprint density at radius 1 is 1.32 bits per heavy atom. The molecule has 2 fully saturated rings. The molecule has 2 bridgehead atoms. The molecule has 2 amide bonds. The number of aliphatic carboxylic acids is 1. The molecule has 1 aliphatic heterocycles. The molecule has 22 heavy (non-hydrogen) atoms. The van der Waals surface area contributed by atoms with Crippen molar-refractivity contribution >= 4 is 17.8 Å². The lowest BCUT2D eigenvalue weighted by Crippen LogP contribution is -2.47. The summed E-state index contributed by atoms with van der Waals surface area (Å²) in [6.07, 6.45) is 7.82. The molecule has 2 aliphatic carbocycles. The van der Waals surface area contributed by atoms with Crippen molar-refractivity contribution < 1.29 is 19.5 Å². The molecule has 0 aromatic carbocycles. The Labute approximate surface area is 126 Å². The number of carboxylic acids is 1. The van der Waals surface area contributed by atoms with E-state index >= 15 is 0 Å². The normalized spacial score (nSPS) is 33.5. The number of carbonyl (C=O) groups is 3. The second-order valence-corrected chi connectivity index (χ2v) is 6.18. The summed E-state index contributed by atoms with van der Waals surface area (Å²) < 4.78 is 0. The third-order valence-corrected chi connectivity index (χ3v) is 5.07. The molecule has 1 saturated heterocycles. The number of likely N-dealkylation sites (tertiary alicyclic amines) is 1. The van der Waals surface area contributed by atoms with E-state index in [1.165, 1.54) is 12.5 Å². The lowest BCUT2D eigenvalue weighted by molar-refractivity contribution is -0.155. The van der Waals surface area contributed by atoms with Gasteiger partial charge in [-0.25, -0.2) is 9.78 Å². The Balaban J connectivity index is 1.65. The Kier molecular flexibility index (Phi) is 2.72. The smallest absolute Gasteiger partial charge is 0.327 e. The molecule has 7 heteroatoms. The summed E-state index contributed by atoms with van der Waals surface area (Å²) in [7, 11) is 0. The molecule has 1 aromatic heterocycles. The van der Waals surface area contributed by atoms with Crippen molar-refractivity contribution in [2.45, 2.75) is 18.9 Å². The van der Waals surface area contributed by atoms with Crippen molar-refractivity contribution in [3.05, 3.63) is 30.4 Å². The Bertz CT molecular complexity index is 651. The topological polar surface area (TPSA) is 103 Å². The summed E-state index contributed by atoms with van der Waals surface area (Å²) in [5, 5.41) is 9.48. The standard InChI is InChI=1S/C15H15N3O4/c19-13-11-7-1-2-8(3-7)12(11)14(20)18(13)10(15(21)22)4-9-5-16-6-17-9/h1-2,5-8,10-12H,3-4H2,(H,16,17)(H,21,22)/t7-,8-,10-,11+,12+/m0/s1. The minimum Gasteiger partial charge on any atom is -0.480 e. The van der Waals surface area contributed by atoms with Crippen LogP contribution in [0.2, 0.25) is 0 Å². The van der Waals surface area contributed by atoms with Gasteiger partial charge in [0.15, 0.2) is 0 Å². The van der Waals surface area contributed by atoms with Crippen LogP contribution >= 0.6 is 0 Å². The van der Waals surface area contributed by atoms with Crippen LogP contribution in [0.3, 0.4) is 0 Å². The van der Waals surface area contributed by atoms with Crippen molar-refractivity contribution in [3.63, 3.8) is 0 Å². The van der Waals surface area contributed by atoms with Gasteiger partial charge in [-0.3, -0.25) is 14.5 Å². The van der Waals surface area contributed by atoms with Gasteiger partial charge in [0.2, 0.25) is 11.8 Å². The fourth-order valence-electron chi connectivity index (χ4n) is 4.13. The molecule has 7 nitrogen and oxygen atoms in total. The zero-order chi connectivity index (χ0) is 15.4. The van der Waals surface area contributed by atoms with Crippen LogP contribution in [-0.4, -0.2) is 43.8 Å². The fourth-order valence-corrected chi connectivity index (χ4v) is 4.13. The lowest BCUT2D eigenvalue weighted by Gasteiger charge is -2.24. The Morgan fingerprint density at radius 3 is 2.45 bits per heavy atom. The van der Waals surface area contributed by atoms with Gasteiger partial charge in [-0.1, -0.05) is 12.2 Å². The fraction of sp³-hybridized carbons (Fsp3) is 0.467. The summed E-state index contributed by atoms with van der Waals surface area (Å²) in [6.45, 7) is 0. The third-order valence-electron chi connectivity index (χ3n) is 5.07. The highest BCUT2D eigenvalue weighted by Gasteiger charge is 2.61. The molecule has 4 rings (SSSR count). The van der Waals surface area contributed by atoms with Crippen LogP contribution in [0.1, 0.15) is 12.1 Å². The summed E-state index contributed by atoms with van der Waals surface area (Å²) >= 11 is 0. The van der Waals surface area contributed by atoms with E-state index in [0.29, 0.717) is 5.69 Å². The largest absolute Gasteiger partial charge is 0.480 e. The lowest BCUT2D eigenvalue weighted by atomic mass is 9.85. The number of carbonyl (C=O) groups excluding carboxylic acids is 2. The van der Waals surface area contributed by atoms with E-state index in [1.807, 2.05) is 12.2 Å². The first-order valence-electron chi connectivity index (χ1n) is 7.33. The number of imidazole rings is 1. The third kappa shape index (κ3) is 1.68.